The van der Waals surface area contributed by atoms with E-state index in [1.165, 1.54) is 23.9 Å². The highest BCUT2D eigenvalue weighted by atomic mass is 16.5. The predicted molar refractivity (Wildman–Crippen MR) is 117 cm³/mol. The van der Waals surface area contributed by atoms with Gasteiger partial charge in [-0.25, -0.2) is 0 Å². The second-order valence-corrected chi connectivity index (χ2v) is 6.73. The Morgan fingerprint density at radius 3 is 2.55 bits per heavy atom. The van der Waals surface area contributed by atoms with Crippen LogP contribution in [0.4, 0.5) is 0 Å². The summed E-state index contributed by atoms with van der Waals surface area (Å²) in [5, 5.41) is 2.91. The lowest BCUT2D eigenvalue weighted by atomic mass is 10.1. The van der Waals surface area contributed by atoms with Crippen LogP contribution in [0.3, 0.4) is 0 Å². The van der Waals surface area contributed by atoms with Gasteiger partial charge in [-0.2, -0.15) is 0 Å². The minimum absolute atomic E-state index is 0.218. The van der Waals surface area contributed by atoms with E-state index in [1.54, 1.807) is 30.7 Å². The molecule has 0 radical (unpaired) electrons. The normalized spacial score (nSPS) is 10.5. The Bertz CT molecular complexity index is 1250. The Kier molecular flexibility index (Phi) is 5.84. The Labute approximate surface area is 179 Å². The van der Waals surface area contributed by atoms with Crippen molar-refractivity contribution < 1.29 is 9.53 Å². The molecule has 1 aromatic carbocycles. The highest BCUT2D eigenvalue weighted by Crippen LogP contribution is 2.21. The fourth-order valence-corrected chi connectivity index (χ4v) is 3.27. The Hall–Kier alpha value is -4.26. The van der Waals surface area contributed by atoms with Crippen LogP contribution in [0.25, 0.3) is 16.9 Å². The Morgan fingerprint density at radius 2 is 1.81 bits per heavy atom. The molecular formula is C24H20N4O3. The van der Waals surface area contributed by atoms with E-state index in [-0.39, 0.29) is 29.3 Å². The second kappa shape index (κ2) is 9.04. The highest BCUT2D eigenvalue weighted by Gasteiger charge is 2.16. The van der Waals surface area contributed by atoms with Crippen molar-refractivity contribution >= 4 is 5.91 Å². The van der Waals surface area contributed by atoms with E-state index in [4.69, 9.17) is 4.74 Å². The number of rotatable bonds is 6. The molecule has 0 bridgehead atoms. The topological polar surface area (TPSA) is 86.1 Å². The van der Waals surface area contributed by atoms with Gasteiger partial charge in [0.05, 0.1) is 18.4 Å². The number of pyridine rings is 3. The van der Waals surface area contributed by atoms with Gasteiger partial charge in [-0.05, 0) is 35.9 Å². The zero-order chi connectivity index (χ0) is 21.6. The molecule has 3 heterocycles. The molecule has 7 heteroatoms. The van der Waals surface area contributed by atoms with Crippen molar-refractivity contribution in [2.75, 3.05) is 7.11 Å². The number of carbonyl (C=O) groups is 1. The van der Waals surface area contributed by atoms with Gasteiger partial charge in [-0.1, -0.05) is 24.3 Å². The van der Waals surface area contributed by atoms with Crippen LogP contribution in [0.1, 0.15) is 15.9 Å². The molecular weight excluding hydrogens is 392 g/mol. The van der Waals surface area contributed by atoms with Crippen molar-refractivity contribution in [3.63, 3.8) is 0 Å². The van der Waals surface area contributed by atoms with Crippen LogP contribution in [0, 0.1) is 0 Å². The number of aromatic nitrogens is 3. The molecule has 0 atom stereocenters. The van der Waals surface area contributed by atoms with E-state index in [2.05, 4.69) is 15.3 Å². The third-order valence-corrected chi connectivity index (χ3v) is 4.80. The molecule has 0 unspecified atom stereocenters. The van der Waals surface area contributed by atoms with Crippen molar-refractivity contribution in [3.05, 3.63) is 107 Å². The second-order valence-electron chi connectivity index (χ2n) is 6.73. The molecule has 154 valence electrons. The number of carbonyl (C=O) groups excluding carboxylic acids is 1. The van der Waals surface area contributed by atoms with Crippen molar-refractivity contribution in [1.29, 1.82) is 0 Å². The van der Waals surface area contributed by atoms with Crippen LogP contribution in [0.5, 0.6) is 5.75 Å². The lowest BCUT2D eigenvalue weighted by Crippen LogP contribution is -2.27. The van der Waals surface area contributed by atoms with Crippen molar-refractivity contribution in [2.45, 2.75) is 6.54 Å². The summed E-state index contributed by atoms with van der Waals surface area (Å²) in [7, 11) is 1.43. The largest absolute Gasteiger partial charge is 0.496 e. The molecule has 0 saturated carbocycles. The number of hydrogen-bond donors (Lipinski definition) is 1. The van der Waals surface area contributed by atoms with Gasteiger partial charge in [0.2, 0.25) is 0 Å². The minimum Gasteiger partial charge on any atom is -0.496 e. The average Bonchev–Trinajstić information content (AvgIpc) is 2.83. The molecule has 1 amide bonds. The van der Waals surface area contributed by atoms with Crippen LogP contribution >= 0.6 is 0 Å². The fraction of sp³-hybridized carbons (Fsp3) is 0.0833. The van der Waals surface area contributed by atoms with Crippen molar-refractivity contribution in [2.24, 2.45) is 0 Å². The average molecular weight is 412 g/mol. The van der Waals surface area contributed by atoms with Gasteiger partial charge in [0.25, 0.3) is 11.5 Å². The van der Waals surface area contributed by atoms with Crippen LogP contribution < -0.4 is 15.6 Å². The van der Waals surface area contributed by atoms with Gasteiger partial charge < -0.3 is 10.1 Å². The van der Waals surface area contributed by atoms with Crippen molar-refractivity contribution in [3.8, 4) is 22.7 Å². The number of nitrogens with one attached hydrogen (secondary N) is 1. The SMILES string of the molecule is COc1cc(=O)n(-c2ccccc2)cc1C(=O)NCc1cccnc1-c1ccncc1. The molecule has 31 heavy (non-hydrogen) atoms. The monoisotopic (exact) mass is 412 g/mol. The Morgan fingerprint density at radius 1 is 1.03 bits per heavy atom. The first-order chi connectivity index (χ1) is 15.2. The maximum absolute atomic E-state index is 13.0. The molecule has 0 aliphatic rings. The van der Waals surface area contributed by atoms with E-state index < -0.39 is 0 Å². The van der Waals surface area contributed by atoms with Gasteiger partial charge in [0.1, 0.15) is 5.75 Å². The number of ether oxygens (including phenoxy) is 1. The quantitative estimate of drug-likeness (QED) is 0.525. The van der Waals surface area contributed by atoms with E-state index in [0.29, 0.717) is 5.69 Å². The summed E-state index contributed by atoms with van der Waals surface area (Å²) in [6.07, 6.45) is 6.60. The molecule has 7 nitrogen and oxygen atoms in total. The summed E-state index contributed by atoms with van der Waals surface area (Å²) in [5.41, 5.74) is 3.18. The van der Waals surface area contributed by atoms with E-state index in [0.717, 1.165) is 16.8 Å². The van der Waals surface area contributed by atoms with Gasteiger partial charge in [-0.15, -0.1) is 0 Å². The number of para-hydroxylation sites is 1. The van der Waals surface area contributed by atoms with Crippen LogP contribution in [-0.4, -0.2) is 27.6 Å². The van der Waals surface area contributed by atoms with Crippen LogP contribution in [-0.2, 0) is 6.54 Å². The standard InChI is InChI=1S/C24H20N4O3/c1-31-21-14-22(29)28(19-7-3-2-4-8-19)16-20(21)24(30)27-15-18-6-5-11-26-23(18)17-9-12-25-13-10-17/h2-14,16H,15H2,1H3,(H,27,30). The molecule has 4 rings (SSSR count). The minimum atomic E-state index is -0.355. The summed E-state index contributed by atoms with van der Waals surface area (Å²) in [4.78, 5) is 34.0. The lowest BCUT2D eigenvalue weighted by Gasteiger charge is -2.14. The third-order valence-electron chi connectivity index (χ3n) is 4.80. The number of benzene rings is 1. The zero-order valence-electron chi connectivity index (χ0n) is 16.9. The van der Waals surface area contributed by atoms with Crippen LogP contribution in [0.15, 0.2) is 90.2 Å². The summed E-state index contributed by atoms with van der Waals surface area (Å²) < 4.78 is 6.71. The molecule has 1 N–H and O–H groups in total. The molecule has 0 saturated heterocycles. The Balaban J connectivity index is 1.62. The highest BCUT2D eigenvalue weighted by molar-refractivity contribution is 5.96. The fourth-order valence-electron chi connectivity index (χ4n) is 3.27. The first-order valence-electron chi connectivity index (χ1n) is 9.66. The van der Waals surface area contributed by atoms with E-state index in [9.17, 15) is 9.59 Å². The summed E-state index contributed by atoms with van der Waals surface area (Å²) in [5.74, 6) is -0.138. The number of nitrogens with zero attached hydrogens (tertiary/aromatic N) is 3. The van der Waals surface area contributed by atoms with Crippen LogP contribution in [0.2, 0.25) is 0 Å². The predicted octanol–water partition coefficient (Wildman–Crippen LogP) is 3.23. The molecule has 0 fully saturated rings. The summed E-state index contributed by atoms with van der Waals surface area (Å²) in [6.45, 7) is 0.262. The lowest BCUT2D eigenvalue weighted by molar-refractivity contribution is 0.0947. The third kappa shape index (κ3) is 4.35. The smallest absolute Gasteiger partial charge is 0.258 e. The molecule has 4 aromatic rings. The maximum Gasteiger partial charge on any atom is 0.258 e. The molecule has 0 spiro atoms. The maximum atomic E-state index is 13.0. The number of amides is 1. The van der Waals surface area contributed by atoms with Gasteiger partial charge in [-0.3, -0.25) is 24.1 Å². The number of methoxy groups -OCH3 is 1. The van der Waals surface area contributed by atoms with Gasteiger partial charge in [0.15, 0.2) is 0 Å². The number of hydrogen-bond acceptors (Lipinski definition) is 5. The molecule has 0 aliphatic carbocycles. The first kappa shape index (κ1) is 20.0. The summed E-state index contributed by atoms with van der Waals surface area (Å²) in [6, 6.07) is 17.9. The molecule has 3 aromatic heterocycles. The van der Waals surface area contributed by atoms with E-state index in [1.807, 2.05) is 42.5 Å². The van der Waals surface area contributed by atoms with Crippen molar-refractivity contribution in [1.82, 2.24) is 19.9 Å². The van der Waals surface area contributed by atoms with Gasteiger partial charge >= 0.3 is 0 Å². The zero-order valence-corrected chi connectivity index (χ0v) is 16.9. The first-order valence-corrected chi connectivity index (χ1v) is 9.66. The molecule has 0 aliphatic heterocycles. The van der Waals surface area contributed by atoms with Gasteiger partial charge in [0, 0.05) is 48.6 Å². The summed E-state index contributed by atoms with van der Waals surface area (Å²) >= 11 is 0. The van der Waals surface area contributed by atoms with E-state index >= 15 is 0 Å².